The summed E-state index contributed by atoms with van der Waals surface area (Å²) in [4.78, 5) is 13.6. The van der Waals surface area contributed by atoms with Crippen molar-refractivity contribution in [3.05, 3.63) is 11.9 Å². The first-order valence-corrected chi connectivity index (χ1v) is 5.31. The minimum atomic E-state index is -0.0188. The Labute approximate surface area is 98.4 Å². The highest BCUT2D eigenvalue weighted by atomic mass is 35.5. The van der Waals surface area contributed by atoms with Gasteiger partial charge in [-0.3, -0.25) is 4.79 Å². The molecule has 2 heterocycles. The number of likely N-dealkylation sites (tertiary alicyclic amines) is 1. The van der Waals surface area contributed by atoms with Gasteiger partial charge in [0.05, 0.1) is 17.9 Å². The molecule has 1 aromatic rings. The molecule has 7 heteroatoms. The Balaban J connectivity index is 0.00000112. The van der Waals surface area contributed by atoms with Gasteiger partial charge >= 0.3 is 0 Å². The second-order valence-electron chi connectivity index (χ2n) is 3.43. The monoisotopic (exact) mass is 248 g/mol. The first kappa shape index (κ1) is 12.4. The van der Waals surface area contributed by atoms with E-state index in [1.54, 1.807) is 4.90 Å². The molecule has 2 rings (SSSR count). The molecule has 1 saturated heterocycles. The first-order chi connectivity index (χ1) is 6.81. The molecule has 1 unspecified atom stereocenters. The van der Waals surface area contributed by atoms with Gasteiger partial charge in [-0.2, -0.15) is 8.75 Å². The van der Waals surface area contributed by atoms with Gasteiger partial charge in [-0.15, -0.1) is 12.4 Å². The SMILES string of the molecule is Cl.NCC1CCN(C(=O)c2cnsn2)C1. The minimum absolute atomic E-state index is 0. The highest BCUT2D eigenvalue weighted by molar-refractivity contribution is 6.99. The summed E-state index contributed by atoms with van der Waals surface area (Å²) in [5.74, 6) is 0.431. The molecule has 0 aliphatic carbocycles. The third kappa shape index (κ3) is 2.64. The molecule has 1 fully saturated rings. The summed E-state index contributed by atoms with van der Waals surface area (Å²) in [7, 11) is 0. The summed E-state index contributed by atoms with van der Waals surface area (Å²) in [6.45, 7) is 2.20. The highest BCUT2D eigenvalue weighted by Crippen LogP contribution is 2.16. The molecular weight excluding hydrogens is 236 g/mol. The lowest BCUT2D eigenvalue weighted by atomic mass is 10.1. The van der Waals surface area contributed by atoms with Gasteiger partial charge in [0, 0.05) is 13.1 Å². The minimum Gasteiger partial charge on any atom is -0.337 e. The van der Waals surface area contributed by atoms with Crippen LogP contribution in [0.25, 0.3) is 0 Å². The number of aromatic nitrogens is 2. The molecule has 1 aliphatic rings. The number of carbonyl (C=O) groups is 1. The lowest BCUT2D eigenvalue weighted by Crippen LogP contribution is -2.30. The van der Waals surface area contributed by atoms with E-state index in [0.29, 0.717) is 18.2 Å². The number of amides is 1. The molecule has 84 valence electrons. The Bertz CT molecular complexity index is 318. The van der Waals surface area contributed by atoms with Gasteiger partial charge < -0.3 is 10.6 Å². The third-order valence-electron chi connectivity index (χ3n) is 2.49. The van der Waals surface area contributed by atoms with Gasteiger partial charge in [0.25, 0.3) is 5.91 Å². The van der Waals surface area contributed by atoms with Crippen LogP contribution in [0.1, 0.15) is 16.9 Å². The van der Waals surface area contributed by atoms with Crippen LogP contribution in [-0.4, -0.2) is 39.2 Å². The fraction of sp³-hybridized carbons (Fsp3) is 0.625. The van der Waals surface area contributed by atoms with Crippen molar-refractivity contribution in [3.8, 4) is 0 Å². The van der Waals surface area contributed by atoms with Crippen molar-refractivity contribution in [1.29, 1.82) is 0 Å². The average Bonchev–Trinajstić information content (AvgIpc) is 2.88. The first-order valence-electron chi connectivity index (χ1n) is 4.58. The number of nitrogens with two attached hydrogens (primary N) is 1. The van der Waals surface area contributed by atoms with Crippen LogP contribution in [0, 0.1) is 5.92 Å². The Morgan fingerprint density at radius 2 is 2.53 bits per heavy atom. The summed E-state index contributed by atoms with van der Waals surface area (Å²) < 4.78 is 7.73. The van der Waals surface area contributed by atoms with E-state index in [2.05, 4.69) is 8.75 Å². The standard InChI is InChI=1S/C8H12N4OS.ClH/c9-3-6-1-2-12(5-6)8(13)7-4-10-14-11-7;/h4,6H,1-3,5,9H2;1H. The smallest absolute Gasteiger partial charge is 0.275 e. The van der Waals surface area contributed by atoms with Crippen LogP contribution < -0.4 is 5.73 Å². The largest absolute Gasteiger partial charge is 0.337 e. The van der Waals surface area contributed by atoms with Crippen molar-refractivity contribution < 1.29 is 4.79 Å². The van der Waals surface area contributed by atoms with Crippen LogP contribution in [0.3, 0.4) is 0 Å². The van der Waals surface area contributed by atoms with Gasteiger partial charge in [0.2, 0.25) is 0 Å². The maximum absolute atomic E-state index is 11.8. The van der Waals surface area contributed by atoms with Gasteiger partial charge in [-0.1, -0.05) is 0 Å². The number of hydrogen-bond donors (Lipinski definition) is 1. The predicted molar refractivity (Wildman–Crippen MR) is 60.2 cm³/mol. The lowest BCUT2D eigenvalue weighted by Gasteiger charge is -2.13. The summed E-state index contributed by atoms with van der Waals surface area (Å²) in [5, 5.41) is 0. The Kier molecular flexibility index (Phi) is 4.44. The maximum Gasteiger partial charge on any atom is 0.275 e. The number of halogens is 1. The van der Waals surface area contributed by atoms with Crippen LogP contribution in [-0.2, 0) is 0 Å². The molecule has 0 aromatic carbocycles. The molecule has 1 aliphatic heterocycles. The summed E-state index contributed by atoms with van der Waals surface area (Å²) in [5.41, 5.74) is 6.00. The summed E-state index contributed by atoms with van der Waals surface area (Å²) in [6, 6.07) is 0. The summed E-state index contributed by atoms with van der Waals surface area (Å²) >= 11 is 1.06. The molecule has 1 atom stereocenters. The van der Waals surface area contributed by atoms with E-state index in [1.807, 2.05) is 0 Å². The van der Waals surface area contributed by atoms with E-state index in [-0.39, 0.29) is 18.3 Å². The molecular formula is C8H13ClN4OS. The number of nitrogens with zero attached hydrogens (tertiary/aromatic N) is 3. The van der Waals surface area contributed by atoms with Crippen LogP contribution >= 0.6 is 24.1 Å². The quantitative estimate of drug-likeness (QED) is 0.822. The second-order valence-corrected chi connectivity index (χ2v) is 3.99. The summed E-state index contributed by atoms with van der Waals surface area (Å²) in [6.07, 6.45) is 2.52. The zero-order valence-corrected chi connectivity index (χ0v) is 9.76. The van der Waals surface area contributed by atoms with Crippen molar-refractivity contribution in [3.63, 3.8) is 0 Å². The van der Waals surface area contributed by atoms with Crippen molar-refractivity contribution in [2.45, 2.75) is 6.42 Å². The lowest BCUT2D eigenvalue weighted by molar-refractivity contribution is 0.0783. The zero-order valence-electron chi connectivity index (χ0n) is 8.13. The molecule has 1 amide bonds. The number of hydrogen-bond acceptors (Lipinski definition) is 5. The Morgan fingerprint density at radius 1 is 1.73 bits per heavy atom. The van der Waals surface area contributed by atoms with Gasteiger partial charge in [-0.25, -0.2) is 0 Å². The third-order valence-corrected chi connectivity index (χ3v) is 2.96. The fourth-order valence-corrected chi connectivity index (χ4v) is 2.04. The van der Waals surface area contributed by atoms with E-state index < -0.39 is 0 Å². The number of rotatable bonds is 2. The molecule has 0 spiro atoms. The van der Waals surface area contributed by atoms with Crippen molar-refractivity contribution in [1.82, 2.24) is 13.6 Å². The van der Waals surface area contributed by atoms with Gasteiger partial charge in [0.1, 0.15) is 0 Å². The zero-order chi connectivity index (χ0) is 9.97. The molecule has 2 N–H and O–H groups in total. The maximum atomic E-state index is 11.8. The molecule has 0 saturated carbocycles. The Morgan fingerprint density at radius 3 is 3.07 bits per heavy atom. The topological polar surface area (TPSA) is 72.1 Å². The van der Waals surface area contributed by atoms with Gasteiger partial charge in [-0.05, 0) is 18.9 Å². The van der Waals surface area contributed by atoms with Crippen LogP contribution in [0.4, 0.5) is 0 Å². The predicted octanol–water partition coefficient (Wildman–Crippen LogP) is 0.381. The normalized spacial score (nSPS) is 20.1. The van der Waals surface area contributed by atoms with Crippen LogP contribution in [0.15, 0.2) is 6.20 Å². The van der Waals surface area contributed by atoms with E-state index in [9.17, 15) is 4.79 Å². The van der Waals surface area contributed by atoms with Crippen LogP contribution in [0.2, 0.25) is 0 Å². The fourth-order valence-electron chi connectivity index (χ4n) is 1.63. The van der Waals surface area contributed by atoms with E-state index >= 15 is 0 Å². The van der Waals surface area contributed by atoms with Crippen LogP contribution in [0.5, 0.6) is 0 Å². The molecule has 5 nitrogen and oxygen atoms in total. The average molecular weight is 249 g/mol. The Hall–Kier alpha value is -0.720. The highest BCUT2D eigenvalue weighted by Gasteiger charge is 2.26. The van der Waals surface area contributed by atoms with Gasteiger partial charge in [0.15, 0.2) is 5.69 Å². The van der Waals surface area contributed by atoms with Crippen molar-refractivity contribution in [2.24, 2.45) is 11.7 Å². The van der Waals surface area contributed by atoms with E-state index in [1.165, 1.54) is 6.20 Å². The van der Waals surface area contributed by atoms with Crippen molar-refractivity contribution in [2.75, 3.05) is 19.6 Å². The molecule has 1 aromatic heterocycles. The second kappa shape index (κ2) is 5.39. The molecule has 0 bridgehead atoms. The number of carbonyl (C=O) groups excluding carboxylic acids is 1. The van der Waals surface area contributed by atoms with E-state index in [0.717, 1.165) is 31.2 Å². The van der Waals surface area contributed by atoms with E-state index in [4.69, 9.17) is 5.73 Å². The molecule has 0 radical (unpaired) electrons. The van der Waals surface area contributed by atoms with Crippen molar-refractivity contribution >= 4 is 30.0 Å². The molecule has 15 heavy (non-hydrogen) atoms.